The quantitative estimate of drug-likeness (QED) is 0.873. The summed E-state index contributed by atoms with van der Waals surface area (Å²) in [6.45, 7) is 4.22. The third kappa shape index (κ3) is 3.20. The van der Waals surface area contributed by atoms with Crippen LogP contribution in [0.4, 0.5) is 0 Å². The Hall–Kier alpha value is -1.06. The molecule has 1 fully saturated rings. The zero-order valence-electron chi connectivity index (χ0n) is 10.6. The molecule has 1 aliphatic heterocycles. The Morgan fingerprint density at radius 2 is 2.29 bits per heavy atom. The molecule has 3 nitrogen and oxygen atoms in total. The van der Waals surface area contributed by atoms with E-state index < -0.39 is 0 Å². The molecule has 1 aromatic rings. The summed E-state index contributed by atoms with van der Waals surface area (Å²) in [5.74, 6) is 0.349. The standard InChI is InChI=1S/C14H21NO2/c1-11-8-14(17-2)6-7-15(11)10-12-4-3-5-13(16)9-12/h3-5,9,11,14,16H,6-8,10H2,1-2H3. The van der Waals surface area contributed by atoms with Crippen LogP contribution in [0.1, 0.15) is 25.3 Å². The van der Waals surface area contributed by atoms with Gasteiger partial charge in [-0.25, -0.2) is 0 Å². The molecule has 2 rings (SSSR count). The normalized spacial score (nSPS) is 26.0. The SMILES string of the molecule is COC1CCN(Cc2cccc(O)c2)C(C)C1. The highest BCUT2D eigenvalue weighted by Gasteiger charge is 2.24. The molecule has 1 N–H and O–H groups in total. The number of aromatic hydroxyl groups is 1. The number of rotatable bonds is 3. The number of ether oxygens (including phenoxy) is 1. The van der Waals surface area contributed by atoms with E-state index in [0.717, 1.165) is 25.9 Å². The molecule has 0 saturated carbocycles. The molecule has 1 saturated heterocycles. The highest BCUT2D eigenvalue weighted by atomic mass is 16.5. The molecule has 0 aliphatic carbocycles. The molecule has 3 heteroatoms. The molecule has 17 heavy (non-hydrogen) atoms. The summed E-state index contributed by atoms with van der Waals surface area (Å²) in [7, 11) is 1.79. The maximum atomic E-state index is 9.45. The molecular formula is C14H21NO2. The van der Waals surface area contributed by atoms with Gasteiger partial charge in [-0.2, -0.15) is 0 Å². The van der Waals surface area contributed by atoms with E-state index in [1.54, 1.807) is 13.2 Å². The first-order valence-corrected chi connectivity index (χ1v) is 6.24. The smallest absolute Gasteiger partial charge is 0.115 e. The van der Waals surface area contributed by atoms with Gasteiger partial charge in [0.1, 0.15) is 5.75 Å². The first-order valence-electron chi connectivity index (χ1n) is 6.24. The Balaban J connectivity index is 1.95. The van der Waals surface area contributed by atoms with Crippen molar-refractivity contribution in [1.82, 2.24) is 4.90 Å². The average molecular weight is 235 g/mol. The van der Waals surface area contributed by atoms with Gasteiger partial charge < -0.3 is 9.84 Å². The van der Waals surface area contributed by atoms with Gasteiger partial charge in [0.15, 0.2) is 0 Å². The van der Waals surface area contributed by atoms with Gasteiger partial charge in [0.2, 0.25) is 0 Å². The summed E-state index contributed by atoms with van der Waals surface area (Å²) in [4.78, 5) is 2.45. The van der Waals surface area contributed by atoms with Crippen LogP contribution in [0.25, 0.3) is 0 Å². The Morgan fingerprint density at radius 3 is 2.94 bits per heavy atom. The maximum absolute atomic E-state index is 9.45. The van der Waals surface area contributed by atoms with Crippen molar-refractivity contribution < 1.29 is 9.84 Å². The number of phenolic OH excluding ortho intramolecular Hbond substituents is 1. The van der Waals surface area contributed by atoms with Gasteiger partial charge >= 0.3 is 0 Å². The summed E-state index contributed by atoms with van der Waals surface area (Å²) < 4.78 is 5.41. The molecule has 0 radical (unpaired) electrons. The number of phenols is 1. The van der Waals surface area contributed by atoms with Gasteiger partial charge in [-0.3, -0.25) is 4.90 Å². The number of methoxy groups -OCH3 is 1. The fourth-order valence-corrected chi connectivity index (χ4v) is 2.52. The molecule has 0 spiro atoms. The summed E-state index contributed by atoms with van der Waals surface area (Å²) in [5, 5.41) is 9.45. The van der Waals surface area contributed by atoms with Crippen LogP contribution in [-0.4, -0.2) is 35.8 Å². The van der Waals surface area contributed by atoms with Crippen LogP contribution in [0.15, 0.2) is 24.3 Å². The monoisotopic (exact) mass is 235 g/mol. The van der Waals surface area contributed by atoms with Crippen LogP contribution in [0.3, 0.4) is 0 Å². The minimum Gasteiger partial charge on any atom is -0.508 e. The molecule has 1 aromatic carbocycles. The third-order valence-corrected chi connectivity index (χ3v) is 3.60. The van der Waals surface area contributed by atoms with Gasteiger partial charge in [-0.1, -0.05) is 12.1 Å². The molecule has 0 amide bonds. The lowest BCUT2D eigenvalue weighted by Crippen LogP contribution is -2.42. The molecule has 2 unspecified atom stereocenters. The molecule has 94 valence electrons. The third-order valence-electron chi connectivity index (χ3n) is 3.60. The van der Waals surface area contributed by atoms with Gasteiger partial charge in [0.05, 0.1) is 6.10 Å². The predicted octanol–water partition coefficient (Wildman–Crippen LogP) is 2.39. The largest absolute Gasteiger partial charge is 0.508 e. The molecular weight excluding hydrogens is 214 g/mol. The van der Waals surface area contributed by atoms with E-state index in [0.29, 0.717) is 17.9 Å². The zero-order chi connectivity index (χ0) is 12.3. The number of nitrogens with zero attached hydrogens (tertiary/aromatic N) is 1. The van der Waals surface area contributed by atoms with E-state index >= 15 is 0 Å². The predicted molar refractivity (Wildman–Crippen MR) is 68.0 cm³/mol. The van der Waals surface area contributed by atoms with Crippen molar-refractivity contribution in [2.45, 2.75) is 38.5 Å². The second-order valence-corrected chi connectivity index (χ2v) is 4.87. The number of benzene rings is 1. The van der Waals surface area contributed by atoms with Gasteiger partial charge in [-0.05, 0) is 37.5 Å². The fraction of sp³-hybridized carbons (Fsp3) is 0.571. The summed E-state index contributed by atoms with van der Waals surface area (Å²) >= 11 is 0. The van der Waals surface area contributed by atoms with Crippen molar-refractivity contribution >= 4 is 0 Å². The van der Waals surface area contributed by atoms with Crippen LogP contribution in [0.5, 0.6) is 5.75 Å². The summed E-state index contributed by atoms with van der Waals surface area (Å²) in [6.07, 6.45) is 2.60. The zero-order valence-corrected chi connectivity index (χ0v) is 10.6. The topological polar surface area (TPSA) is 32.7 Å². The van der Waals surface area contributed by atoms with Crippen molar-refractivity contribution in [1.29, 1.82) is 0 Å². The lowest BCUT2D eigenvalue weighted by Gasteiger charge is -2.37. The van der Waals surface area contributed by atoms with E-state index in [2.05, 4.69) is 17.9 Å². The Kier molecular flexibility index (Phi) is 4.02. The number of hydrogen-bond acceptors (Lipinski definition) is 3. The Bertz CT molecular complexity index is 367. The summed E-state index contributed by atoms with van der Waals surface area (Å²) in [5.41, 5.74) is 1.17. The van der Waals surface area contributed by atoms with Crippen LogP contribution in [-0.2, 0) is 11.3 Å². The molecule has 0 bridgehead atoms. The summed E-state index contributed by atoms with van der Waals surface area (Å²) in [6, 6.07) is 8.06. The first-order chi connectivity index (χ1) is 8.19. The second-order valence-electron chi connectivity index (χ2n) is 4.87. The van der Waals surface area contributed by atoms with Gasteiger partial charge in [0.25, 0.3) is 0 Å². The van der Waals surface area contributed by atoms with E-state index in [-0.39, 0.29) is 0 Å². The number of hydrogen-bond donors (Lipinski definition) is 1. The van der Waals surface area contributed by atoms with E-state index in [1.807, 2.05) is 12.1 Å². The van der Waals surface area contributed by atoms with Crippen molar-refractivity contribution in [3.8, 4) is 5.75 Å². The van der Waals surface area contributed by atoms with Crippen LogP contribution in [0, 0.1) is 0 Å². The van der Waals surface area contributed by atoms with Crippen LogP contribution < -0.4 is 0 Å². The lowest BCUT2D eigenvalue weighted by molar-refractivity contribution is 0.0129. The Morgan fingerprint density at radius 1 is 1.47 bits per heavy atom. The van der Waals surface area contributed by atoms with E-state index in [4.69, 9.17) is 4.74 Å². The lowest BCUT2D eigenvalue weighted by atomic mass is 10.00. The van der Waals surface area contributed by atoms with Gasteiger partial charge in [-0.15, -0.1) is 0 Å². The fourth-order valence-electron chi connectivity index (χ4n) is 2.52. The highest BCUT2D eigenvalue weighted by Crippen LogP contribution is 2.22. The minimum atomic E-state index is 0.349. The van der Waals surface area contributed by atoms with Crippen molar-refractivity contribution in [2.24, 2.45) is 0 Å². The van der Waals surface area contributed by atoms with Crippen LogP contribution >= 0.6 is 0 Å². The van der Waals surface area contributed by atoms with Crippen LogP contribution in [0.2, 0.25) is 0 Å². The Labute approximate surface area is 103 Å². The van der Waals surface area contributed by atoms with Crippen molar-refractivity contribution in [3.05, 3.63) is 29.8 Å². The van der Waals surface area contributed by atoms with Gasteiger partial charge in [0, 0.05) is 26.2 Å². The molecule has 1 heterocycles. The number of likely N-dealkylation sites (tertiary alicyclic amines) is 1. The minimum absolute atomic E-state index is 0.349. The van der Waals surface area contributed by atoms with Crippen molar-refractivity contribution in [2.75, 3.05) is 13.7 Å². The number of piperidine rings is 1. The average Bonchev–Trinajstić information content (AvgIpc) is 2.32. The molecule has 1 aliphatic rings. The highest BCUT2D eigenvalue weighted by molar-refractivity contribution is 5.27. The molecule has 0 aromatic heterocycles. The van der Waals surface area contributed by atoms with Crippen molar-refractivity contribution in [3.63, 3.8) is 0 Å². The van der Waals surface area contributed by atoms with E-state index in [1.165, 1.54) is 5.56 Å². The van der Waals surface area contributed by atoms with E-state index in [9.17, 15) is 5.11 Å². The second kappa shape index (κ2) is 5.52. The molecule has 2 atom stereocenters. The maximum Gasteiger partial charge on any atom is 0.115 e. The first kappa shape index (κ1) is 12.4.